The zero-order chi connectivity index (χ0) is 19.1. The number of amides is 1. The molecule has 0 bridgehead atoms. The topological polar surface area (TPSA) is 88.8 Å². The van der Waals surface area contributed by atoms with Crippen molar-refractivity contribution >= 4 is 11.9 Å². The van der Waals surface area contributed by atoms with Gasteiger partial charge in [-0.05, 0) is 17.2 Å². The van der Waals surface area contributed by atoms with Crippen LogP contribution in [0.5, 0.6) is 0 Å². The average Bonchev–Trinajstić information content (AvgIpc) is 3.19. The maximum absolute atomic E-state index is 12.3. The number of aliphatic carboxylic acids is 1. The second-order valence-corrected chi connectivity index (χ2v) is 5.93. The van der Waals surface area contributed by atoms with Crippen molar-refractivity contribution in [2.24, 2.45) is 0 Å². The maximum Gasteiger partial charge on any atom is 0.328 e. The van der Waals surface area contributed by atoms with E-state index in [2.05, 4.69) is 5.32 Å². The largest absolute Gasteiger partial charge is 0.480 e. The van der Waals surface area contributed by atoms with Gasteiger partial charge in [-0.25, -0.2) is 4.79 Å². The molecule has 0 aliphatic heterocycles. The molecular weight excluding hydrogens is 346 g/mol. The van der Waals surface area contributed by atoms with Crippen molar-refractivity contribution in [3.8, 4) is 11.1 Å². The molecule has 0 aliphatic carbocycles. The highest BCUT2D eigenvalue weighted by Crippen LogP contribution is 2.21. The standard InChI is InChI=1S/C21H19NO5/c23-20(19-11-17(13-27-19)16-9-5-2-6-10-16)22-18(21(24)25)14-26-12-15-7-3-1-4-8-15/h1-11,13,18H,12,14H2,(H,22,23)(H,24,25). The Balaban J connectivity index is 1.58. The monoisotopic (exact) mass is 365 g/mol. The van der Waals surface area contributed by atoms with Gasteiger partial charge in [0.05, 0.1) is 19.5 Å². The van der Waals surface area contributed by atoms with Crippen LogP contribution in [0.4, 0.5) is 0 Å². The van der Waals surface area contributed by atoms with Gasteiger partial charge < -0.3 is 19.6 Å². The Hall–Kier alpha value is -3.38. The third-order valence-corrected chi connectivity index (χ3v) is 3.93. The van der Waals surface area contributed by atoms with Gasteiger partial charge in [0.15, 0.2) is 11.8 Å². The average molecular weight is 365 g/mol. The molecule has 0 spiro atoms. The first-order valence-corrected chi connectivity index (χ1v) is 8.43. The molecular formula is C21H19NO5. The van der Waals surface area contributed by atoms with Gasteiger partial charge in [-0.1, -0.05) is 60.7 Å². The zero-order valence-corrected chi connectivity index (χ0v) is 14.5. The van der Waals surface area contributed by atoms with Crippen LogP contribution in [0.3, 0.4) is 0 Å². The number of carbonyl (C=O) groups is 2. The second-order valence-electron chi connectivity index (χ2n) is 5.93. The molecule has 0 saturated carbocycles. The maximum atomic E-state index is 12.3. The molecule has 1 atom stereocenters. The molecule has 1 unspecified atom stereocenters. The fourth-order valence-corrected chi connectivity index (χ4v) is 2.51. The van der Waals surface area contributed by atoms with E-state index in [0.29, 0.717) is 0 Å². The number of furan rings is 1. The minimum atomic E-state index is -1.17. The normalized spacial score (nSPS) is 11.7. The molecule has 138 valence electrons. The molecule has 27 heavy (non-hydrogen) atoms. The van der Waals surface area contributed by atoms with Crippen LogP contribution < -0.4 is 5.32 Å². The molecule has 1 aromatic heterocycles. The van der Waals surface area contributed by atoms with Crippen molar-refractivity contribution in [3.63, 3.8) is 0 Å². The van der Waals surface area contributed by atoms with Crippen LogP contribution in [-0.4, -0.2) is 29.6 Å². The van der Waals surface area contributed by atoms with Crippen molar-refractivity contribution in [2.75, 3.05) is 6.61 Å². The van der Waals surface area contributed by atoms with Crippen molar-refractivity contribution in [2.45, 2.75) is 12.6 Å². The van der Waals surface area contributed by atoms with E-state index in [-0.39, 0.29) is 19.0 Å². The van der Waals surface area contributed by atoms with E-state index in [1.165, 1.54) is 6.26 Å². The zero-order valence-electron chi connectivity index (χ0n) is 14.5. The Morgan fingerprint density at radius 3 is 2.33 bits per heavy atom. The molecule has 0 saturated heterocycles. The van der Waals surface area contributed by atoms with E-state index in [4.69, 9.17) is 9.15 Å². The first kappa shape index (κ1) is 18.4. The third-order valence-electron chi connectivity index (χ3n) is 3.93. The lowest BCUT2D eigenvalue weighted by molar-refractivity contribution is -0.141. The first-order valence-electron chi connectivity index (χ1n) is 8.43. The lowest BCUT2D eigenvalue weighted by atomic mass is 10.1. The van der Waals surface area contributed by atoms with E-state index >= 15 is 0 Å². The molecule has 6 nitrogen and oxygen atoms in total. The first-order chi connectivity index (χ1) is 13.1. The summed E-state index contributed by atoms with van der Waals surface area (Å²) in [6, 6.07) is 19.2. The number of benzene rings is 2. The highest BCUT2D eigenvalue weighted by atomic mass is 16.5. The van der Waals surface area contributed by atoms with Crippen LogP contribution in [0.15, 0.2) is 77.4 Å². The van der Waals surface area contributed by atoms with Crippen LogP contribution in [-0.2, 0) is 16.1 Å². The summed E-state index contributed by atoms with van der Waals surface area (Å²) >= 11 is 0. The lowest BCUT2D eigenvalue weighted by Crippen LogP contribution is -2.43. The predicted molar refractivity (Wildman–Crippen MR) is 99.1 cm³/mol. The second kappa shape index (κ2) is 8.82. The van der Waals surface area contributed by atoms with Gasteiger partial charge in [0.25, 0.3) is 5.91 Å². The van der Waals surface area contributed by atoms with Crippen molar-refractivity contribution < 1.29 is 23.8 Å². The van der Waals surface area contributed by atoms with E-state index in [0.717, 1.165) is 16.7 Å². The van der Waals surface area contributed by atoms with E-state index in [9.17, 15) is 14.7 Å². The van der Waals surface area contributed by atoms with Gasteiger partial charge in [-0.2, -0.15) is 0 Å². The van der Waals surface area contributed by atoms with Gasteiger partial charge in [0, 0.05) is 5.56 Å². The Morgan fingerprint density at radius 1 is 1.00 bits per heavy atom. The quantitative estimate of drug-likeness (QED) is 0.639. The van der Waals surface area contributed by atoms with Crippen molar-refractivity contribution in [1.82, 2.24) is 5.32 Å². The highest BCUT2D eigenvalue weighted by Gasteiger charge is 2.23. The summed E-state index contributed by atoms with van der Waals surface area (Å²) in [5.74, 6) is -1.73. The molecule has 2 N–H and O–H groups in total. The van der Waals surface area contributed by atoms with Crippen LogP contribution in [0.2, 0.25) is 0 Å². The number of rotatable bonds is 8. The number of carbonyl (C=O) groups excluding carboxylic acids is 1. The molecule has 1 heterocycles. The molecule has 0 radical (unpaired) electrons. The molecule has 6 heteroatoms. The molecule has 1 amide bonds. The van der Waals surface area contributed by atoms with Gasteiger partial charge in [0.2, 0.25) is 0 Å². The Kier molecular flexibility index (Phi) is 6.02. The SMILES string of the molecule is O=C(NC(COCc1ccccc1)C(=O)O)c1cc(-c2ccccc2)co1. The third kappa shape index (κ3) is 5.05. The summed E-state index contributed by atoms with van der Waals surface area (Å²) in [6.07, 6.45) is 1.46. The van der Waals surface area contributed by atoms with Crippen LogP contribution in [0.25, 0.3) is 11.1 Å². The fourth-order valence-electron chi connectivity index (χ4n) is 2.51. The number of hydrogen-bond donors (Lipinski definition) is 2. The summed E-state index contributed by atoms with van der Waals surface area (Å²) < 4.78 is 10.7. The van der Waals surface area contributed by atoms with Gasteiger partial charge in [-0.15, -0.1) is 0 Å². The van der Waals surface area contributed by atoms with Crippen LogP contribution in [0, 0.1) is 0 Å². The number of carboxylic acid groups (broad SMARTS) is 1. The van der Waals surface area contributed by atoms with Crippen LogP contribution >= 0.6 is 0 Å². The van der Waals surface area contributed by atoms with Crippen molar-refractivity contribution in [1.29, 1.82) is 0 Å². The highest BCUT2D eigenvalue weighted by molar-refractivity contribution is 5.95. The minimum Gasteiger partial charge on any atom is -0.480 e. The number of ether oxygens (including phenoxy) is 1. The minimum absolute atomic E-state index is 0.0446. The molecule has 0 fully saturated rings. The predicted octanol–water partition coefficient (Wildman–Crippen LogP) is 3.35. The van der Waals surface area contributed by atoms with Gasteiger partial charge in [0.1, 0.15) is 0 Å². The van der Waals surface area contributed by atoms with E-state index in [1.807, 2.05) is 60.7 Å². The molecule has 3 aromatic rings. The Bertz CT molecular complexity index is 889. The number of hydrogen-bond acceptors (Lipinski definition) is 4. The number of nitrogens with one attached hydrogen (secondary N) is 1. The van der Waals surface area contributed by atoms with E-state index < -0.39 is 17.9 Å². The van der Waals surface area contributed by atoms with Gasteiger partial charge >= 0.3 is 5.97 Å². The summed E-state index contributed by atoms with van der Waals surface area (Å²) in [5.41, 5.74) is 2.57. The Morgan fingerprint density at radius 2 is 1.67 bits per heavy atom. The lowest BCUT2D eigenvalue weighted by Gasteiger charge is -2.14. The van der Waals surface area contributed by atoms with Crippen molar-refractivity contribution in [3.05, 3.63) is 84.3 Å². The molecule has 3 rings (SSSR count). The smallest absolute Gasteiger partial charge is 0.328 e. The summed E-state index contributed by atoms with van der Waals surface area (Å²) in [5, 5.41) is 11.8. The molecule has 0 aliphatic rings. The summed E-state index contributed by atoms with van der Waals surface area (Å²) in [7, 11) is 0. The molecule has 2 aromatic carbocycles. The number of carboxylic acids is 1. The fraction of sp³-hybridized carbons (Fsp3) is 0.143. The summed E-state index contributed by atoms with van der Waals surface area (Å²) in [4.78, 5) is 23.7. The Labute approximate surface area is 156 Å². The van der Waals surface area contributed by atoms with Crippen LogP contribution in [0.1, 0.15) is 16.1 Å². The summed E-state index contributed by atoms with van der Waals surface area (Å²) in [6.45, 7) is 0.113. The van der Waals surface area contributed by atoms with E-state index in [1.54, 1.807) is 6.07 Å². The van der Waals surface area contributed by atoms with Gasteiger partial charge in [-0.3, -0.25) is 4.79 Å².